The number of carbonyl (C=O) groups is 1. The van der Waals surface area contributed by atoms with Crippen LogP contribution in [-0.2, 0) is 6.42 Å². The molecule has 0 radical (unpaired) electrons. The number of thiazole rings is 1. The normalized spacial score (nSPS) is 10.8. The van der Waals surface area contributed by atoms with E-state index in [-0.39, 0.29) is 0 Å². The van der Waals surface area contributed by atoms with Crippen molar-refractivity contribution in [2.45, 2.75) is 13.3 Å². The van der Waals surface area contributed by atoms with Crippen molar-refractivity contribution in [1.29, 1.82) is 0 Å². The number of aromatic nitrogens is 2. The van der Waals surface area contributed by atoms with E-state index in [1.54, 1.807) is 10.6 Å². The van der Waals surface area contributed by atoms with E-state index in [2.05, 4.69) is 4.98 Å². The zero-order chi connectivity index (χ0) is 9.42. The molecule has 0 aliphatic heterocycles. The molecule has 4 nitrogen and oxygen atoms in total. The van der Waals surface area contributed by atoms with Crippen molar-refractivity contribution in [1.82, 2.24) is 9.38 Å². The molecule has 0 spiro atoms. The van der Waals surface area contributed by atoms with Gasteiger partial charge in [-0.05, 0) is 6.42 Å². The van der Waals surface area contributed by atoms with Crippen LogP contribution in [0.5, 0.6) is 0 Å². The largest absolute Gasteiger partial charge is 0.477 e. The number of rotatable bonds is 2. The summed E-state index contributed by atoms with van der Waals surface area (Å²) in [5.41, 5.74) is 0.989. The minimum atomic E-state index is -0.895. The summed E-state index contributed by atoms with van der Waals surface area (Å²) in [5.74, 6) is -0.895. The van der Waals surface area contributed by atoms with E-state index >= 15 is 0 Å². The molecule has 0 aliphatic carbocycles. The average Bonchev–Trinajstić information content (AvgIpc) is 2.58. The van der Waals surface area contributed by atoms with Crippen LogP contribution in [0.3, 0.4) is 0 Å². The fraction of sp³-hybridized carbons (Fsp3) is 0.250. The van der Waals surface area contributed by atoms with Crippen molar-refractivity contribution in [2.75, 3.05) is 0 Å². The summed E-state index contributed by atoms with van der Waals surface area (Å²) in [6.45, 7) is 2.02. The summed E-state index contributed by atoms with van der Waals surface area (Å²) in [5, 5.41) is 8.70. The van der Waals surface area contributed by atoms with Gasteiger partial charge in [0.05, 0.1) is 5.69 Å². The molecule has 0 atom stereocenters. The number of hydrogen-bond donors (Lipinski definition) is 1. The quantitative estimate of drug-likeness (QED) is 0.794. The molecule has 0 saturated carbocycles. The molecular formula is C8H8N2O2S. The van der Waals surface area contributed by atoms with Gasteiger partial charge in [-0.1, -0.05) is 18.3 Å². The van der Waals surface area contributed by atoms with Crippen LogP contribution >= 0.6 is 11.3 Å². The van der Waals surface area contributed by atoms with Crippen molar-refractivity contribution < 1.29 is 9.90 Å². The molecule has 2 heterocycles. The van der Waals surface area contributed by atoms with E-state index in [1.165, 1.54) is 11.3 Å². The fourth-order valence-corrected chi connectivity index (χ4v) is 1.94. The Hall–Kier alpha value is -1.36. The van der Waals surface area contributed by atoms with Gasteiger partial charge in [0.15, 0.2) is 4.96 Å². The van der Waals surface area contributed by atoms with Crippen LogP contribution in [0.1, 0.15) is 22.3 Å². The summed E-state index contributed by atoms with van der Waals surface area (Å²) in [6, 6.07) is 0. The smallest absolute Gasteiger partial charge is 0.347 e. The Kier molecular flexibility index (Phi) is 1.81. The first-order chi connectivity index (χ1) is 6.20. The van der Waals surface area contributed by atoms with Crippen LogP contribution in [0.2, 0.25) is 0 Å². The number of carboxylic acids is 1. The second-order valence-electron chi connectivity index (χ2n) is 2.68. The summed E-state index contributed by atoms with van der Waals surface area (Å²) < 4.78 is 1.76. The Balaban J connectivity index is 2.54. The van der Waals surface area contributed by atoms with Crippen molar-refractivity contribution in [3.63, 3.8) is 0 Å². The van der Waals surface area contributed by atoms with Crippen LogP contribution in [0.25, 0.3) is 4.96 Å². The summed E-state index contributed by atoms with van der Waals surface area (Å²) >= 11 is 1.19. The number of hydrogen-bond acceptors (Lipinski definition) is 3. The Labute approximate surface area is 78.5 Å². The lowest BCUT2D eigenvalue weighted by molar-refractivity contribution is 0.0702. The predicted octanol–water partition coefficient (Wildman–Crippen LogP) is 1.66. The molecule has 0 amide bonds. The summed E-state index contributed by atoms with van der Waals surface area (Å²) in [4.78, 5) is 15.9. The minimum absolute atomic E-state index is 0.324. The van der Waals surface area contributed by atoms with E-state index in [9.17, 15) is 4.79 Å². The molecule has 2 aromatic rings. The molecule has 0 saturated heterocycles. The third-order valence-corrected chi connectivity index (χ3v) is 2.76. The maximum absolute atomic E-state index is 10.6. The van der Waals surface area contributed by atoms with Gasteiger partial charge in [0.2, 0.25) is 0 Å². The highest BCUT2D eigenvalue weighted by Crippen LogP contribution is 2.17. The number of carboxylic acid groups (broad SMARTS) is 1. The number of aryl methyl sites for hydroxylation is 1. The first-order valence-corrected chi connectivity index (χ1v) is 4.73. The third kappa shape index (κ3) is 1.31. The van der Waals surface area contributed by atoms with Crippen LogP contribution < -0.4 is 0 Å². The Morgan fingerprint density at radius 1 is 1.69 bits per heavy atom. The van der Waals surface area contributed by atoms with Crippen molar-refractivity contribution >= 4 is 22.3 Å². The summed E-state index contributed by atoms with van der Waals surface area (Å²) in [7, 11) is 0. The summed E-state index contributed by atoms with van der Waals surface area (Å²) in [6.07, 6.45) is 4.32. The zero-order valence-corrected chi connectivity index (χ0v) is 7.84. The molecule has 68 valence electrons. The topological polar surface area (TPSA) is 54.6 Å². The molecule has 0 aromatic carbocycles. The van der Waals surface area contributed by atoms with Crippen LogP contribution in [0.15, 0.2) is 12.4 Å². The highest BCUT2D eigenvalue weighted by atomic mass is 32.1. The minimum Gasteiger partial charge on any atom is -0.477 e. The number of imidazole rings is 1. The van der Waals surface area contributed by atoms with Gasteiger partial charge in [0, 0.05) is 12.4 Å². The van der Waals surface area contributed by atoms with E-state index < -0.39 is 5.97 Å². The van der Waals surface area contributed by atoms with Crippen molar-refractivity contribution in [2.24, 2.45) is 0 Å². The molecule has 5 heteroatoms. The van der Waals surface area contributed by atoms with Gasteiger partial charge in [-0.15, -0.1) is 0 Å². The first kappa shape index (κ1) is 8.25. The monoisotopic (exact) mass is 196 g/mol. The molecule has 2 rings (SSSR count). The second-order valence-corrected chi connectivity index (χ2v) is 3.69. The predicted molar refractivity (Wildman–Crippen MR) is 49.4 cm³/mol. The number of nitrogens with zero attached hydrogens (tertiary/aromatic N) is 2. The van der Waals surface area contributed by atoms with Gasteiger partial charge in [0.1, 0.15) is 4.88 Å². The van der Waals surface area contributed by atoms with Gasteiger partial charge in [-0.2, -0.15) is 0 Å². The Bertz CT molecular complexity index is 426. The SMILES string of the molecule is CCc1cn2cc(C(=O)O)sc2n1. The van der Waals surface area contributed by atoms with Gasteiger partial charge in [-0.3, -0.25) is 4.40 Å². The molecule has 2 aromatic heterocycles. The first-order valence-electron chi connectivity index (χ1n) is 3.91. The molecule has 1 N–H and O–H groups in total. The Morgan fingerprint density at radius 3 is 3.00 bits per heavy atom. The van der Waals surface area contributed by atoms with E-state index in [0.717, 1.165) is 17.1 Å². The number of aromatic carboxylic acids is 1. The van der Waals surface area contributed by atoms with E-state index in [0.29, 0.717) is 4.88 Å². The van der Waals surface area contributed by atoms with E-state index in [4.69, 9.17) is 5.11 Å². The lowest BCUT2D eigenvalue weighted by Crippen LogP contribution is -1.90. The molecular weight excluding hydrogens is 188 g/mol. The highest BCUT2D eigenvalue weighted by Gasteiger charge is 2.09. The zero-order valence-electron chi connectivity index (χ0n) is 7.02. The molecule has 0 aliphatic rings. The molecule has 0 bridgehead atoms. The lowest BCUT2D eigenvalue weighted by Gasteiger charge is -1.83. The van der Waals surface area contributed by atoms with Gasteiger partial charge in [-0.25, -0.2) is 9.78 Å². The van der Waals surface area contributed by atoms with Crippen LogP contribution in [0.4, 0.5) is 0 Å². The van der Waals surface area contributed by atoms with Crippen molar-refractivity contribution in [3.05, 3.63) is 23.0 Å². The molecule has 0 unspecified atom stereocenters. The fourth-order valence-electron chi connectivity index (χ4n) is 1.11. The van der Waals surface area contributed by atoms with Gasteiger partial charge in [0.25, 0.3) is 0 Å². The average molecular weight is 196 g/mol. The Morgan fingerprint density at radius 2 is 2.46 bits per heavy atom. The maximum Gasteiger partial charge on any atom is 0.347 e. The highest BCUT2D eigenvalue weighted by molar-refractivity contribution is 7.18. The lowest BCUT2D eigenvalue weighted by atomic mass is 10.4. The van der Waals surface area contributed by atoms with Crippen molar-refractivity contribution in [3.8, 4) is 0 Å². The van der Waals surface area contributed by atoms with Gasteiger partial charge < -0.3 is 5.11 Å². The van der Waals surface area contributed by atoms with Crippen LogP contribution in [-0.4, -0.2) is 20.5 Å². The maximum atomic E-state index is 10.6. The second kappa shape index (κ2) is 2.85. The van der Waals surface area contributed by atoms with Crippen LogP contribution in [0, 0.1) is 0 Å². The number of fused-ring (bicyclic) bond motifs is 1. The third-order valence-electron chi connectivity index (χ3n) is 1.78. The molecule has 0 fully saturated rings. The standard InChI is InChI=1S/C8H8N2O2S/c1-2-5-3-10-4-6(7(11)12)13-8(10)9-5/h3-4H,2H2,1H3,(H,11,12). The van der Waals surface area contributed by atoms with E-state index in [1.807, 2.05) is 13.1 Å². The van der Waals surface area contributed by atoms with Gasteiger partial charge >= 0.3 is 5.97 Å². The molecule has 13 heavy (non-hydrogen) atoms.